The minimum atomic E-state index is -0.0976. The fourth-order valence-electron chi connectivity index (χ4n) is 6.93. The van der Waals surface area contributed by atoms with Crippen LogP contribution >= 0.6 is 0 Å². The second kappa shape index (κ2) is 24.3. The van der Waals surface area contributed by atoms with Gasteiger partial charge in [0.1, 0.15) is 5.82 Å². The van der Waals surface area contributed by atoms with Gasteiger partial charge < -0.3 is 15.5 Å². The van der Waals surface area contributed by atoms with Crippen molar-refractivity contribution in [3.8, 4) is 0 Å². The molecule has 7 nitrogen and oxygen atoms in total. The lowest BCUT2D eigenvalue weighted by atomic mass is 9.93. The summed E-state index contributed by atoms with van der Waals surface area (Å²) in [5.74, 6) is 0.833. The molecule has 7 heteroatoms. The first-order valence-corrected chi connectivity index (χ1v) is 20.2. The summed E-state index contributed by atoms with van der Waals surface area (Å²) in [5.41, 5.74) is 7.19. The number of amides is 2. The molecule has 298 valence electrons. The third-order valence-electron chi connectivity index (χ3n) is 9.98. The average molecular weight is 756 g/mol. The smallest absolute Gasteiger partial charge is 0.251 e. The van der Waals surface area contributed by atoms with Crippen molar-refractivity contribution in [2.24, 2.45) is 0 Å². The molecule has 2 aliphatic rings. The lowest BCUT2D eigenvalue weighted by Crippen LogP contribution is -2.45. The molecule has 1 aromatic heterocycles. The Hall–Kier alpha value is -5.27. The van der Waals surface area contributed by atoms with Crippen molar-refractivity contribution >= 4 is 23.2 Å². The van der Waals surface area contributed by atoms with Crippen LogP contribution in [0.3, 0.4) is 0 Å². The Labute approximate surface area is 337 Å². The van der Waals surface area contributed by atoms with Crippen LogP contribution in [0, 0.1) is 0 Å². The molecule has 0 unspecified atom stereocenters. The van der Waals surface area contributed by atoms with E-state index in [-0.39, 0.29) is 23.9 Å². The molecule has 0 radical (unpaired) electrons. The number of pyridine rings is 1. The molecular formula is C49H65N5O2. The van der Waals surface area contributed by atoms with Crippen molar-refractivity contribution in [3.63, 3.8) is 0 Å². The number of aromatic nitrogens is 1. The first kappa shape index (κ1) is 45.1. The first-order valence-electron chi connectivity index (χ1n) is 20.2. The molecule has 4 rings (SSSR count). The minimum absolute atomic E-state index is 0.0337. The third kappa shape index (κ3) is 13.5. The van der Waals surface area contributed by atoms with Crippen molar-refractivity contribution < 1.29 is 9.59 Å². The SMILES string of the molecule is C=CC(=C\C=C/C)/C(=C/C)C(/C)=C(\C=C)C(=O)NC1CCN(c2ccc(CN3CCC(NC(=O)c4cccc(/C(C=C)=C/C=C\C)c4)CC3)cn2)CC1.CCC. The third-order valence-corrected chi connectivity index (χ3v) is 9.98. The highest BCUT2D eigenvalue weighted by Crippen LogP contribution is 2.26. The monoisotopic (exact) mass is 756 g/mol. The van der Waals surface area contributed by atoms with E-state index in [1.54, 1.807) is 6.08 Å². The van der Waals surface area contributed by atoms with E-state index in [1.165, 1.54) is 12.0 Å². The van der Waals surface area contributed by atoms with E-state index < -0.39 is 0 Å². The predicted octanol–water partition coefficient (Wildman–Crippen LogP) is 10.3. The number of carbonyl (C=O) groups excluding carboxylic acids is 2. The molecular weight excluding hydrogens is 691 g/mol. The first-order chi connectivity index (χ1) is 27.2. The molecule has 0 bridgehead atoms. The van der Waals surface area contributed by atoms with Crippen molar-refractivity contribution in [1.82, 2.24) is 20.5 Å². The molecule has 3 heterocycles. The Bertz CT molecular complexity index is 1810. The van der Waals surface area contributed by atoms with Crippen molar-refractivity contribution in [2.75, 3.05) is 31.1 Å². The van der Waals surface area contributed by atoms with Gasteiger partial charge in [-0.2, -0.15) is 0 Å². The maximum absolute atomic E-state index is 13.4. The summed E-state index contributed by atoms with van der Waals surface area (Å²) in [5, 5.41) is 6.51. The standard InChI is InChI=1S/C46H57N5O2.C3H8/c1-8-14-17-36(10-3)38-19-16-20-39(31-38)45(52)48-40-23-27-50(28-24-40)33-35-21-22-44(47-32-35)51-29-25-41(26-30-51)49-46(53)43(13-6)34(7)42(12-5)37(11-4)18-15-9-2;1-3-2/h8-22,31-32,40-41H,3-4,6,23-30,33H2,1-2,5,7H3,(H,48,52)(H,49,53);3H2,1-2H3/b14-8-,15-9-,36-17+,37-18+,42-12+,43-34+;. The molecule has 2 N–H and O–H groups in total. The molecule has 2 saturated heterocycles. The number of rotatable bonds is 15. The van der Waals surface area contributed by atoms with Gasteiger partial charge in [-0.05, 0) is 105 Å². The van der Waals surface area contributed by atoms with Crippen molar-refractivity contribution in [2.45, 2.75) is 92.3 Å². The van der Waals surface area contributed by atoms with Crippen LogP contribution in [-0.4, -0.2) is 60.0 Å². The van der Waals surface area contributed by atoms with Crippen LogP contribution in [0.1, 0.15) is 95.1 Å². The molecule has 0 aliphatic carbocycles. The van der Waals surface area contributed by atoms with Crippen LogP contribution < -0.4 is 15.5 Å². The van der Waals surface area contributed by atoms with Gasteiger partial charge in [0.2, 0.25) is 0 Å². The molecule has 1 aromatic carbocycles. The van der Waals surface area contributed by atoms with E-state index in [2.05, 4.69) is 66.2 Å². The summed E-state index contributed by atoms with van der Waals surface area (Å²) in [4.78, 5) is 36.1. The Morgan fingerprint density at radius 3 is 2.02 bits per heavy atom. The zero-order valence-electron chi connectivity index (χ0n) is 34.8. The van der Waals surface area contributed by atoms with E-state index in [9.17, 15) is 9.59 Å². The zero-order valence-corrected chi connectivity index (χ0v) is 34.8. The largest absolute Gasteiger partial charge is 0.356 e. The molecule has 2 amide bonds. The van der Waals surface area contributed by atoms with Gasteiger partial charge in [-0.15, -0.1) is 0 Å². The van der Waals surface area contributed by atoms with Gasteiger partial charge in [0.25, 0.3) is 11.8 Å². The highest BCUT2D eigenvalue weighted by Gasteiger charge is 2.25. The highest BCUT2D eigenvalue weighted by molar-refractivity contribution is 5.98. The highest BCUT2D eigenvalue weighted by atomic mass is 16.2. The zero-order chi connectivity index (χ0) is 40.9. The summed E-state index contributed by atoms with van der Waals surface area (Å²) < 4.78 is 0. The number of allylic oxidation sites excluding steroid dienone is 13. The number of piperidine rings is 2. The van der Waals surface area contributed by atoms with Gasteiger partial charge >= 0.3 is 0 Å². The molecule has 2 aromatic rings. The van der Waals surface area contributed by atoms with Crippen LogP contribution in [0.2, 0.25) is 0 Å². The fourth-order valence-corrected chi connectivity index (χ4v) is 6.93. The average Bonchev–Trinajstić information content (AvgIpc) is 3.21. The number of carbonyl (C=O) groups is 2. The lowest BCUT2D eigenvalue weighted by molar-refractivity contribution is -0.118. The summed E-state index contributed by atoms with van der Waals surface area (Å²) in [7, 11) is 0. The maximum atomic E-state index is 13.4. The topological polar surface area (TPSA) is 77.6 Å². The quantitative estimate of drug-likeness (QED) is 0.140. The molecule has 0 spiro atoms. The van der Waals surface area contributed by atoms with Crippen LogP contribution in [-0.2, 0) is 11.3 Å². The Balaban J connectivity index is 0.00000271. The Morgan fingerprint density at radius 2 is 1.45 bits per heavy atom. The van der Waals surface area contributed by atoms with Crippen LogP contribution in [0.25, 0.3) is 5.57 Å². The summed E-state index contributed by atoms with van der Waals surface area (Å²) in [6, 6.07) is 12.2. The number of nitrogens with zero attached hydrogens (tertiary/aromatic N) is 3. The van der Waals surface area contributed by atoms with E-state index in [4.69, 9.17) is 4.98 Å². The molecule has 0 saturated carbocycles. The normalized spacial score (nSPS) is 16.9. The van der Waals surface area contributed by atoms with Gasteiger partial charge in [-0.1, -0.05) is 119 Å². The second-order valence-electron chi connectivity index (χ2n) is 14.2. The van der Waals surface area contributed by atoms with E-state index >= 15 is 0 Å². The second-order valence-corrected chi connectivity index (χ2v) is 14.2. The van der Waals surface area contributed by atoms with Crippen LogP contribution in [0.4, 0.5) is 5.82 Å². The molecule has 56 heavy (non-hydrogen) atoms. The minimum Gasteiger partial charge on any atom is -0.356 e. The molecule has 2 fully saturated rings. The number of likely N-dealkylation sites (tertiary alicyclic amines) is 1. The van der Waals surface area contributed by atoms with E-state index in [0.29, 0.717) is 11.1 Å². The van der Waals surface area contributed by atoms with Crippen molar-refractivity contribution in [1.29, 1.82) is 0 Å². The molecule has 2 aliphatic heterocycles. The summed E-state index contributed by atoms with van der Waals surface area (Å²) >= 11 is 0. The van der Waals surface area contributed by atoms with Gasteiger partial charge in [-0.3, -0.25) is 14.5 Å². The van der Waals surface area contributed by atoms with Crippen molar-refractivity contribution in [3.05, 3.63) is 162 Å². The number of anilines is 1. The van der Waals surface area contributed by atoms with Gasteiger partial charge in [0.15, 0.2) is 0 Å². The van der Waals surface area contributed by atoms with Gasteiger partial charge in [-0.25, -0.2) is 4.98 Å². The van der Waals surface area contributed by atoms with E-state index in [1.807, 2.05) is 113 Å². The Morgan fingerprint density at radius 1 is 0.821 bits per heavy atom. The molecule has 0 atom stereocenters. The number of nitrogens with one attached hydrogen (secondary N) is 2. The predicted molar refractivity (Wildman–Crippen MR) is 239 cm³/mol. The van der Waals surface area contributed by atoms with Crippen LogP contribution in [0.5, 0.6) is 0 Å². The Kier molecular flexibility index (Phi) is 19.6. The number of hydrogen-bond donors (Lipinski definition) is 2. The summed E-state index contributed by atoms with van der Waals surface area (Å²) in [6.45, 7) is 28.3. The fraction of sp³-hybridized carbons (Fsp3) is 0.367. The van der Waals surface area contributed by atoms with Gasteiger partial charge in [0, 0.05) is 62.1 Å². The summed E-state index contributed by atoms with van der Waals surface area (Å²) in [6.07, 6.45) is 25.9. The van der Waals surface area contributed by atoms with Gasteiger partial charge in [0.05, 0.1) is 0 Å². The van der Waals surface area contributed by atoms with Crippen LogP contribution in [0.15, 0.2) is 145 Å². The number of hydrogen-bond acceptors (Lipinski definition) is 5. The number of benzene rings is 1. The maximum Gasteiger partial charge on any atom is 0.251 e. The van der Waals surface area contributed by atoms with E-state index in [0.717, 1.165) is 92.1 Å². The lowest BCUT2D eigenvalue weighted by Gasteiger charge is -2.34.